The van der Waals surface area contributed by atoms with E-state index in [1.165, 1.54) is 11.3 Å². The number of hydrogen-bond acceptors (Lipinski definition) is 6. The number of carbonyl (C=O) groups is 1. The van der Waals surface area contributed by atoms with Crippen molar-refractivity contribution in [2.45, 2.75) is 33.8 Å². The van der Waals surface area contributed by atoms with Crippen LogP contribution >= 0.6 is 11.3 Å². The summed E-state index contributed by atoms with van der Waals surface area (Å²) in [5, 5.41) is 2.80. The molecule has 0 unspecified atom stereocenters. The third kappa shape index (κ3) is 3.16. The predicted molar refractivity (Wildman–Crippen MR) is 66.3 cm³/mol. The van der Waals surface area contributed by atoms with Gasteiger partial charge in [-0.3, -0.25) is 4.79 Å². The summed E-state index contributed by atoms with van der Waals surface area (Å²) in [4.78, 5) is 19.9. The van der Waals surface area contributed by atoms with Gasteiger partial charge in [0.25, 0.3) is 0 Å². The van der Waals surface area contributed by atoms with Crippen molar-refractivity contribution in [1.29, 1.82) is 0 Å². The molecule has 0 aromatic carbocycles. The van der Waals surface area contributed by atoms with E-state index in [4.69, 9.17) is 9.15 Å². The lowest BCUT2D eigenvalue weighted by atomic mass is 10.3. The van der Waals surface area contributed by atoms with Crippen LogP contribution in [-0.2, 0) is 22.6 Å². The Bertz CT molecular complexity index is 540. The third-order valence-electron chi connectivity index (χ3n) is 2.42. The molecular formula is C12H14N2O3S. The number of thiazole rings is 1. The molecule has 0 saturated carbocycles. The van der Waals surface area contributed by atoms with Crippen molar-refractivity contribution in [1.82, 2.24) is 9.97 Å². The fraction of sp³-hybridized carbons (Fsp3) is 0.417. The van der Waals surface area contributed by atoms with Crippen LogP contribution in [-0.4, -0.2) is 15.9 Å². The number of hydrogen-bond donors (Lipinski definition) is 0. The topological polar surface area (TPSA) is 65.2 Å². The number of oxazole rings is 1. The third-order valence-corrected chi connectivity index (χ3v) is 3.24. The van der Waals surface area contributed by atoms with Crippen molar-refractivity contribution < 1.29 is 13.9 Å². The van der Waals surface area contributed by atoms with E-state index >= 15 is 0 Å². The van der Waals surface area contributed by atoms with Gasteiger partial charge in [-0.15, -0.1) is 11.3 Å². The summed E-state index contributed by atoms with van der Waals surface area (Å²) >= 11 is 1.52. The summed E-state index contributed by atoms with van der Waals surface area (Å²) in [7, 11) is 0. The van der Waals surface area contributed by atoms with Gasteiger partial charge in [0.1, 0.15) is 5.76 Å². The van der Waals surface area contributed by atoms with Gasteiger partial charge < -0.3 is 9.15 Å². The second-order valence-electron chi connectivity index (χ2n) is 3.94. The van der Waals surface area contributed by atoms with Gasteiger partial charge in [-0.05, 0) is 20.8 Å². The fourth-order valence-corrected chi connectivity index (χ4v) is 2.04. The second-order valence-corrected chi connectivity index (χ2v) is 5.01. The Labute approximate surface area is 109 Å². The van der Waals surface area contributed by atoms with Crippen LogP contribution in [0.5, 0.6) is 0 Å². The number of carbonyl (C=O) groups excluding carboxylic acids is 1. The standard InChI is InChI=1S/C12H14N2O3S/c1-7-8(2)17-11(13-7)5-16-12(15)4-10-6-18-9(3)14-10/h6H,4-5H2,1-3H3. The zero-order valence-corrected chi connectivity index (χ0v) is 11.3. The highest BCUT2D eigenvalue weighted by Crippen LogP contribution is 2.11. The Morgan fingerprint density at radius 1 is 1.39 bits per heavy atom. The molecule has 5 nitrogen and oxygen atoms in total. The van der Waals surface area contributed by atoms with E-state index in [1.807, 2.05) is 26.2 Å². The zero-order chi connectivity index (χ0) is 13.1. The molecule has 0 saturated heterocycles. The first-order valence-electron chi connectivity index (χ1n) is 5.54. The Morgan fingerprint density at radius 2 is 2.17 bits per heavy atom. The van der Waals surface area contributed by atoms with E-state index in [1.54, 1.807) is 0 Å². The molecular weight excluding hydrogens is 252 g/mol. The van der Waals surface area contributed by atoms with Gasteiger partial charge in [-0.25, -0.2) is 9.97 Å². The largest absolute Gasteiger partial charge is 0.455 e. The molecule has 2 aromatic heterocycles. The molecule has 6 heteroatoms. The van der Waals surface area contributed by atoms with Crippen molar-refractivity contribution in [3.05, 3.63) is 33.4 Å². The van der Waals surface area contributed by atoms with Gasteiger partial charge in [0.2, 0.25) is 5.89 Å². The highest BCUT2D eigenvalue weighted by molar-refractivity contribution is 7.09. The molecule has 0 bridgehead atoms. The molecule has 18 heavy (non-hydrogen) atoms. The van der Waals surface area contributed by atoms with Crippen molar-refractivity contribution in [2.24, 2.45) is 0 Å². The lowest BCUT2D eigenvalue weighted by Gasteiger charge is -2.00. The van der Waals surface area contributed by atoms with Crippen LogP contribution in [0.15, 0.2) is 9.80 Å². The molecule has 0 spiro atoms. The zero-order valence-electron chi connectivity index (χ0n) is 10.5. The van der Waals surface area contributed by atoms with Gasteiger partial charge in [-0.1, -0.05) is 0 Å². The average Bonchev–Trinajstić information content (AvgIpc) is 2.84. The minimum Gasteiger partial charge on any atom is -0.455 e. The monoisotopic (exact) mass is 266 g/mol. The number of rotatable bonds is 4. The van der Waals surface area contributed by atoms with E-state index in [9.17, 15) is 4.79 Å². The summed E-state index contributed by atoms with van der Waals surface area (Å²) in [6.45, 7) is 5.64. The van der Waals surface area contributed by atoms with Crippen molar-refractivity contribution in [3.63, 3.8) is 0 Å². The number of ether oxygens (including phenoxy) is 1. The Kier molecular flexibility index (Phi) is 3.76. The predicted octanol–water partition coefficient (Wildman–Crippen LogP) is 2.34. The maximum atomic E-state index is 11.6. The molecule has 2 rings (SSSR count). The lowest BCUT2D eigenvalue weighted by molar-refractivity contribution is -0.144. The van der Waals surface area contributed by atoms with E-state index in [0.29, 0.717) is 5.89 Å². The minimum absolute atomic E-state index is 0.0661. The van der Waals surface area contributed by atoms with Gasteiger partial charge in [0.15, 0.2) is 6.61 Å². The quantitative estimate of drug-likeness (QED) is 0.795. The summed E-state index contributed by atoms with van der Waals surface area (Å²) in [5.41, 5.74) is 1.55. The molecule has 0 radical (unpaired) electrons. The normalized spacial score (nSPS) is 10.6. The molecule has 2 aromatic rings. The van der Waals surface area contributed by atoms with Gasteiger partial charge in [0, 0.05) is 5.38 Å². The number of esters is 1. The van der Waals surface area contributed by atoms with Crippen molar-refractivity contribution >= 4 is 17.3 Å². The molecule has 0 N–H and O–H groups in total. The maximum absolute atomic E-state index is 11.6. The first-order valence-corrected chi connectivity index (χ1v) is 6.42. The second kappa shape index (κ2) is 5.30. The first kappa shape index (κ1) is 12.8. The maximum Gasteiger partial charge on any atom is 0.312 e. The molecule has 0 aliphatic heterocycles. The number of nitrogens with zero attached hydrogens (tertiary/aromatic N) is 2. The van der Waals surface area contributed by atoms with Crippen LogP contribution in [0, 0.1) is 20.8 Å². The Balaban J connectivity index is 1.85. The number of aryl methyl sites for hydroxylation is 3. The van der Waals surface area contributed by atoms with E-state index < -0.39 is 0 Å². The van der Waals surface area contributed by atoms with Crippen LogP contribution in [0.1, 0.15) is 28.0 Å². The highest BCUT2D eigenvalue weighted by atomic mass is 32.1. The molecule has 0 atom stereocenters. The summed E-state index contributed by atoms with van der Waals surface area (Å²) in [6.07, 6.45) is 0.184. The van der Waals surface area contributed by atoms with Crippen LogP contribution < -0.4 is 0 Å². The van der Waals surface area contributed by atoms with E-state index in [2.05, 4.69) is 9.97 Å². The van der Waals surface area contributed by atoms with Gasteiger partial charge in [-0.2, -0.15) is 0 Å². The molecule has 0 aliphatic carbocycles. The lowest BCUT2D eigenvalue weighted by Crippen LogP contribution is -2.08. The fourth-order valence-electron chi connectivity index (χ4n) is 1.43. The Morgan fingerprint density at radius 3 is 2.72 bits per heavy atom. The average molecular weight is 266 g/mol. The SMILES string of the molecule is Cc1nc(CC(=O)OCc2nc(C)c(C)o2)cs1. The highest BCUT2D eigenvalue weighted by Gasteiger charge is 2.11. The minimum atomic E-state index is -0.325. The van der Waals surface area contributed by atoms with Crippen molar-refractivity contribution in [2.75, 3.05) is 0 Å². The smallest absolute Gasteiger partial charge is 0.312 e. The van der Waals surface area contributed by atoms with Crippen LogP contribution in [0.4, 0.5) is 0 Å². The van der Waals surface area contributed by atoms with Gasteiger partial charge >= 0.3 is 5.97 Å². The van der Waals surface area contributed by atoms with Crippen LogP contribution in [0.2, 0.25) is 0 Å². The van der Waals surface area contributed by atoms with E-state index in [0.717, 1.165) is 22.2 Å². The summed E-state index contributed by atoms with van der Waals surface area (Å²) in [6, 6.07) is 0. The molecule has 0 amide bonds. The van der Waals surface area contributed by atoms with E-state index in [-0.39, 0.29) is 19.0 Å². The summed E-state index contributed by atoms with van der Waals surface area (Å²) < 4.78 is 10.4. The summed E-state index contributed by atoms with van der Waals surface area (Å²) in [5.74, 6) is 0.845. The first-order chi connectivity index (χ1) is 8.54. The molecule has 2 heterocycles. The van der Waals surface area contributed by atoms with Gasteiger partial charge in [0.05, 0.1) is 22.8 Å². The molecule has 96 valence electrons. The molecule has 0 aliphatic rings. The van der Waals surface area contributed by atoms with Crippen LogP contribution in [0.25, 0.3) is 0 Å². The molecule has 0 fully saturated rings. The number of aromatic nitrogens is 2. The Hall–Kier alpha value is -1.69. The van der Waals surface area contributed by atoms with Crippen molar-refractivity contribution in [3.8, 4) is 0 Å². The van der Waals surface area contributed by atoms with Crippen LogP contribution in [0.3, 0.4) is 0 Å².